The van der Waals surface area contributed by atoms with Gasteiger partial charge in [0.05, 0.1) is 22.8 Å². The third-order valence-electron chi connectivity index (χ3n) is 2.22. The van der Waals surface area contributed by atoms with Crippen LogP contribution in [0.3, 0.4) is 0 Å². The van der Waals surface area contributed by atoms with Crippen LogP contribution in [0.15, 0.2) is 24.7 Å². The molecule has 0 bridgehead atoms. The van der Waals surface area contributed by atoms with Crippen molar-refractivity contribution in [2.24, 2.45) is 0 Å². The van der Waals surface area contributed by atoms with E-state index < -0.39 is 5.82 Å². The number of halogens is 2. The highest BCUT2D eigenvalue weighted by molar-refractivity contribution is 6.31. The van der Waals surface area contributed by atoms with Gasteiger partial charge in [-0.3, -0.25) is 5.10 Å². The molecule has 0 saturated heterocycles. The van der Waals surface area contributed by atoms with Crippen molar-refractivity contribution in [2.75, 3.05) is 0 Å². The predicted octanol–water partition coefficient (Wildman–Crippen LogP) is 2.21. The SMILES string of the molecule is Fc1cnc(-c2[nH]nc3ncc(Cl)cc23)nc1. The lowest BCUT2D eigenvalue weighted by Gasteiger charge is -1.96. The fourth-order valence-electron chi connectivity index (χ4n) is 1.49. The molecule has 0 unspecified atom stereocenters. The number of rotatable bonds is 1. The van der Waals surface area contributed by atoms with E-state index in [-0.39, 0.29) is 0 Å². The Hall–Kier alpha value is -2.08. The summed E-state index contributed by atoms with van der Waals surface area (Å²) in [7, 11) is 0. The van der Waals surface area contributed by atoms with Gasteiger partial charge in [-0.1, -0.05) is 11.6 Å². The van der Waals surface area contributed by atoms with E-state index in [2.05, 4.69) is 25.1 Å². The lowest BCUT2D eigenvalue weighted by molar-refractivity contribution is 0.614. The smallest absolute Gasteiger partial charge is 0.181 e. The molecule has 0 aliphatic heterocycles. The standard InChI is InChI=1S/C10H5ClFN5/c11-5-1-7-8(16-17-9(7)13-2-5)10-14-3-6(12)4-15-10/h1-4H,(H,13,16,17). The fourth-order valence-corrected chi connectivity index (χ4v) is 1.64. The molecule has 1 N–H and O–H groups in total. The van der Waals surface area contributed by atoms with E-state index in [0.29, 0.717) is 27.6 Å². The third kappa shape index (κ3) is 1.72. The van der Waals surface area contributed by atoms with Gasteiger partial charge in [0.15, 0.2) is 17.3 Å². The molecule has 17 heavy (non-hydrogen) atoms. The summed E-state index contributed by atoms with van der Waals surface area (Å²) in [5.41, 5.74) is 1.08. The van der Waals surface area contributed by atoms with Crippen LogP contribution in [0.25, 0.3) is 22.6 Å². The molecule has 5 nitrogen and oxygen atoms in total. The maximum atomic E-state index is 12.7. The number of fused-ring (bicyclic) bond motifs is 1. The van der Waals surface area contributed by atoms with Gasteiger partial charge in [0.2, 0.25) is 0 Å². The minimum atomic E-state index is -0.492. The zero-order valence-corrected chi connectivity index (χ0v) is 9.11. The maximum absolute atomic E-state index is 12.7. The number of H-pyrrole nitrogens is 1. The van der Waals surface area contributed by atoms with Crippen LogP contribution in [-0.4, -0.2) is 25.1 Å². The van der Waals surface area contributed by atoms with Gasteiger partial charge in [-0.05, 0) is 6.07 Å². The number of aromatic amines is 1. The highest BCUT2D eigenvalue weighted by Gasteiger charge is 2.11. The Morgan fingerprint density at radius 2 is 1.88 bits per heavy atom. The monoisotopic (exact) mass is 249 g/mol. The van der Waals surface area contributed by atoms with Crippen molar-refractivity contribution in [1.82, 2.24) is 25.1 Å². The van der Waals surface area contributed by atoms with Crippen molar-refractivity contribution in [1.29, 1.82) is 0 Å². The molecular weight excluding hydrogens is 245 g/mol. The molecule has 7 heteroatoms. The fraction of sp³-hybridized carbons (Fsp3) is 0. The summed E-state index contributed by atoms with van der Waals surface area (Å²) in [5.74, 6) is -0.147. The van der Waals surface area contributed by atoms with Gasteiger partial charge >= 0.3 is 0 Å². The van der Waals surface area contributed by atoms with Crippen LogP contribution < -0.4 is 0 Å². The van der Waals surface area contributed by atoms with Gasteiger partial charge in [0, 0.05) is 6.20 Å². The van der Waals surface area contributed by atoms with E-state index in [1.807, 2.05) is 0 Å². The summed E-state index contributed by atoms with van der Waals surface area (Å²) in [5, 5.41) is 7.93. The first-order valence-electron chi connectivity index (χ1n) is 4.71. The van der Waals surface area contributed by atoms with Crippen molar-refractivity contribution in [3.63, 3.8) is 0 Å². The molecule has 0 aliphatic rings. The lowest BCUT2D eigenvalue weighted by Crippen LogP contribution is -1.90. The molecule has 0 spiro atoms. The molecule has 3 heterocycles. The van der Waals surface area contributed by atoms with E-state index in [0.717, 1.165) is 12.4 Å². The Balaban J connectivity index is 2.23. The predicted molar refractivity (Wildman–Crippen MR) is 59.9 cm³/mol. The zero-order chi connectivity index (χ0) is 11.8. The van der Waals surface area contributed by atoms with Crippen LogP contribution in [0.4, 0.5) is 4.39 Å². The molecule has 0 aliphatic carbocycles. The van der Waals surface area contributed by atoms with Gasteiger partial charge in [-0.25, -0.2) is 19.3 Å². The molecule has 0 radical (unpaired) electrons. The van der Waals surface area contributed by atoms with Crippen LogP contribution in [0.5, 0.6) is 0 Å². The number of aromatic nitrogens is 5. The zero-order valence-electron chi connectivity index (χ0n) is 8.35. The van der Waals surface area contributed by atoms with E-state index >= 15 is 0 Å². The first-order chi connectivity index (χ1) is 8.24. The van der Waals surface area contributed by atoms with Crippen molar-refractivity contribution in [2.45, 2.75) is 0 Å². The summed E-state index contributed by atoms with van der Waals surface area (Å²) in [6, 6.07) is 1.70. The Morgan fingerprint density at radius 1 is 1.12 bits per heavy atom. The van der Waals surface area contributed by atoms with Gasteiger partial charge in [0.1, 0.15) is 5.69 Å². The molecule has 0 fully saturated rings. The van der Waals surface area contributed by atoms with Gasteiger partial charge < -0.3 is 0 Å². The molecule has 3 aromatic rings. The average Bonchev–Trinajstić information content (AvgIpc) is 2.73. The molecular formula is C10H5ClFN5. The summed E-state index contributed by atoms with van der Waals surface area (Å²) >= 11 is 5.86. The van der Waals surface area contributed by atoms with Crippen LogP contribution in [0.2, 0.25) is 5.02 Å². The van der Waals surface area contributed by atoms with E-state index in [9.17, 15) is 4.39 Å². The second-order valence-electron chi connectivity index (χ2n) is 3.35. The van der Waals surface area contributed by atoms with E-state index in [1.165, 1.54) is 6.20 Å². The first kappa shape index (κ1) is 10.1. The van der Waals surface area contributed by atoms with E-state index in [1.54, 1.807) is 6.07 Å². The molecule has 0 aromatic carbocycles. The van der Waals surface area contributed by atoms with Gasteiger partial charge in [-0.15, -0.1) is 0 Å². The molecule has 0 saturated carbocycles. The summed E-state index contributed by atoms with van der Waals surface area (Å²) in [6.45, 7) is 0. The van der Waals surface area contributed by atoms with Crippen molar-refractivity contribution in [3.05, 3.63) is 35.5 Å². The normalized spacial score (nSPS) is 10.9. The first-order valence-corrected chi connectivity index (χ1v) is 5.09. The molecule has 3 aromatic heterocycles. The topological polar surface area (TPSA) is 67.3 Å². The highest BCUT2D eigenvalue weighted by Crippen LogP contribution is 2.24. The lowest BCUT2D eigenvalue weighted by atomic mass is 10.2. The van der Waals surface area contributed by atoms with Crippen molar-refractivity contribution >= 4 is 22.6 Å². The summed E-state index contributed by atoms with van der Waals surface area (Å²) in [4.78, 5) is 11.8. The summed E-state index contributed by atoms with van der Waals surface area (Å²) in [6.07, 6.45) is 3.68. The van der Waals surface area contributed by atoms with Crippen LogP contribution >= 0.6 is 11.6 Å². The quantitative estimate of drug-likeness (QED) is 0.718. The van der Waals surface area contributed by atoms with Crippen molar-refractivity contribution in [3.8, 4) is 11.5 Å². The Kier molecular flexibility index (Phi) is 2.22. The third-order valence-corrected chi connectivity index (χ3v) is 2.43. The largest absolute Gasteiger partial charge is 0.272 e. The van der Waals surface area contributed by atoms with Gasteiger partial charge in [0.25, 0.3) is 0 Å². The van der Waals surface area contributed by atoms with E-state index in [4.69, 9.17) is 11.6 Å². The Morgan fingerprint density at radius 3 is 2.65 bits per heavy atom. The summed E-state index contributed by atoms with van der Waals surface area (Å²) < 4.78 is 12.7. The number of pyridine rings is 1. The highest BCUT2D eigenvalue weighted by atomic mass is 35.5. The second-order valence-corrected chi connectivity index (χ2v) is 3.78. The Labute approximate surface area is 99.7 Å². The second kappa shape index (κ2) is 3.74. The maximum Gasteiger partial charge on any atom is 0.181 e. The van der Waals surface area contributed by atoms with Gasteiger partial charge in [-0.2, -0.15) is 5.10 Å². The molecule has 3 rings (SSSR count). The average molecular weight is 250 g/mol. The number of hydrogen-bond acceptors (Lipinski definition) is 4. The van der Waals surface area contributed by atoms with Crippen LogP contribution in [0.1, 0.15) is 0 Å². The molecule has 0 atom stereocenters. The number of nitrogens with zero attached hydrogens (tertiary/aromatic N) is 4. The number of hydrogen-bond donors (Lipinski definition) is 1. The minimum Gasteiger partial charge on any atom is -0.272 e. The molecule has 0 amide bonds. The minimum absolute atomic E-state index is 0.345. The van der Waals surface area contributed by atoms with Crippen LogP contribution in [0, 0.1) is 5.82 Å². The number of nitrogens with one attached hydrogen (secondary N) is 1. The van der Waals surface area contributed by atoms with Crippen molar-refractivity contribution < 1.29 is 4.39 Å². The van der Waals surface area contributed by atoms with Crippen LogP contribution in [-0.2, 0) is 0 Å². The Bertz CT molecular complexity index is 679. The molecule has 84 valence electrons.